The van der Waals surface area contributed by atoms with Crippen LogP contribution in [0.4, 0.5) is 0 Å². The fourth-order valence-electron chi connectivity index (χ4n) is 2.67. The fraction of sp³-hybridized carbons (Fsp3) is 0.778. The minimum absolute atomic E-state index is 0.0182. The maximum absolute atomic E-state index is 12.0. The highest BCUT2D eigenvalue weighted by atomic mass is 16.5. The number of esters is 1. The smallest absolute Gasteiger partial charge is 0.325 e. The molecule has 0 aromatic rings. The molecule has 0 aromatic heterocycles. The van der Waals surface area contributed by atoms with Crippen LogP contribution in [0, 0.1) is 5.41 Å². The Morgan fingerprint density at radius 3 is 2.31 bits per heavy atom. The van der Waals surface area contributed by atoms with Crippen LogP contribution in [0.25, 0.3) is 0 Å². The molecular formula is C18H33N3O5. The van der Waals surface area contributed by atoms with Gasteiger partial charge in [-0.1, -0.05) is 39.0 Å². The van der Waals surface area contributed by atoms with Crippen LogP contribution < -0.4 is 5.32 Å². The van der Waals surface area contributed by atoms with Gasteiger partial charge < -0.3 is 14.7 Å². The van der Waals surface area contributed by atoms with Crippen molar-refractivity contribution >= 4 is 24.3 Å². The lowest BCUT2D eigenvalue weighted by Gasteiger charge is -2.21. The first-order valence-corrected chi connectivity index (χ1v) is 9.31. The van der Waals surface area contributed by atoms with Gasteiger partial charge in [0.05, 0.1) is 0 Å². The number of hydrogen-bond acceptors (Lipinski definition) is 5. The van der Waals surface area contributed by atoms with E-state index in [1.807, 2.05) is 6.92 Å². The van der Waals surface area contributed by atoms with Gasteiger partial charge >= 0.3 is 5.97 Å². The average Bonchev–Trinajstić information content (AvgIpc) is 2.59. The van der Waals surface area contributed by atoms with Crippen molar-refractivity contribution in [1.29, 1.82) is 5.41 Å². The highest BCUT2D eigenvalue weighted by Gasteiger charge is 2.17. The van der Waals surface area contributed by atoms with Crippen LogP contribution in [-0.4, -0.2) is 54.0 Å². The summed E-state index contributed by atoms with van der Waals surface area (Å²) in [6.45, 7) is 1.75. The standard InChI is InChI=1S/C17H31N3O3.CH2O2/c1-3-14-11-9-7-5-4-6-8-10-12-15(21)19-17(18)20(2)13-16(22)23-14;2-1-3/h14H,3-13H2,1-2H3,(H2,18,19,21);1H,(H,2,3). The maximum Gasteiger partial charge on any atom is 0.325 e. The summed E-state index contributed by atoms with van der Waals surface area (Å²) in [5, 5.41) is 17.3. The highest BCUT2D eigenvalue weighted by Crippen LogP contribution is 2.14. The molecule has 1 aliphatic rings. The van der Waals surface area contributed by atoms with Crippen LogP contribution in [-0.2, 0) is 19.1 Å². The SMILES string of the molecule is CCC1CCCCCCCCCC(=O)NC(=N)N(C)CC(=O)O1.O=CO. The Labute approximate surface area is 155 Å². The quantitative estimate of drug-likeness (QED) is 0.481. The Morgan fingerprint density at radius 1 is 1.19 bits per heavy atom. The van der Waals surface area contributed by atoms with E-state index in [9.17, 15) is 9.59 Å². The largest absolute Gasteiger partial charge is 0.483 e. The summed E-state index contributed by atoms with van der Waals surface area (Å²) in [6.07, 6.45) is 9.78. The zero-order valence-electron chi connectivity index (χ0n) is 16.0. The predicted octanol–water partition coefficient (Wildman–Crippen LogP) is 2.52. The number of likely N-dealkylation sites (N-methyl/N-ethyl adjacent to an activating group) is 1. The Kier molecular flexibility index (Phi) is 13.9. The lowest BCUT2D eigenvalue weighted by Crippen LogP contribution is -2.44. The van der Waals surface area contributed by atoms with Gasteiger partial charge in [-0.2, -0.15) is 0 Å². The van der Waals surface area contributed by atoms with Gasteiger partial charge in [-0.3, -0.25) is 25.1 Å². The number of hydrogen-bond donors (Lipinski definition) is 3. The summed E-state index contributed by atoms with van der Waals surface area (Å²) in [5.41, 5.74) is 0. The minimum Gasteiger partial charge on any atom is -0.483 e. The first kappa shape index (κ1) is 23.9. The fourth-order valence-corrected chi connectivity index (χ4v) is 2.67. The molecule has 1 unspecified atom stereocenters. The van der Waals surface area contributed by atoms with Crippen molar-refractivity contribution in [3.05, 3.63) is 0 Å². The molecule has 1 amide bonds. The van der Waals surface area contributed by atoms with Crippen molar-refractivity contribution in [3.63, 3.8) is 0 Å². The Hall–Kier alpha value is -2.12. The number of guanidine groups is 1. The lowest BCUT2D eigenvalue weighted by atomic mass is 10.0. The van der Waals surface area contributed by atoms with E-state index in [1.165, 1.54) is 24.2 Å². The average molecular weight is 371 g/mol. The number of nitrogens with zero attached hydrogens (tertiary/aromatic N) is 1. The van der Waals surface area contributed by atoms with Crippen LogP contribution in [0.1, 0.15) is 71.1 Å². The second-order valence-corrected chi connectivity index (χ2v) is 6.39. The predicted molar refractivity (Wildman–Crippen MR) is 98.9 cm³/mol. The first-order chi connectivity index (χ1) is 12.4. The first-order valence-electron chi connectivity index (χ1n) is 9.31. The normalized spacial score (nSPS) is 21.5. The molecule has 1 heterocycles. The Morgan fingerprint density at radius 2 is 1.73 bits per heavy atom. The zero-order chi connectivity index (χ0) is 19.8. The molecule has 150 valence electrons. The molecule has 0 spiro atoms. The molecule has 0 bridgehead atoms. The third-order valence-corrected chi connectivity index (χ3v) is 4.19. The summed E-state index contributed by atoms with van der Waals surface area (Å²) in [6, 6.07) is 0. The molecule has 1 saturated heterocycles. The number of ether oxygens (including phenoxy) is 1. The third-order valence-electron chi connectivity index (χ3n) is 4.19. The molecule has 0 saturated carbocycles. The van der Waals surface area contributed by atoms with Crippen LogP contribution >= 0.6 is 0 Å². The van der Waals surface area contributed by atoms with E-state index >= 15 is 0 Å². The number of carboxylic acid groups (broad SMARTS) is 1. The number of amides is 1. The summed E-state index contributed by atoms with van der Waals surface area (Å²) in [7, 11) is 1.61. The van der Waals surface area contributed by atoms with Crippen LogP contribution in [0.15, 0.2) is 0 Å². The van der Waals surface area contributed by atoms with Crippen molar-refractivity contribution in [2.75, 3.05) is 13.6 Å². The molecule has 0 radical (unpaired) electrons. The van der Waals surface area contributed by atoms with Gasteiger partial charge in [-0.05, 0) is 25.7 Å². The molecule has 3 N–H and O–H groups in total. The van der Waals surface area contributed by atoms with Crippen molar-refractivity contribution in [3.8, 4) is 0 Å². The van der Waals surface area contributed by atoms with Crippen LogP contribution in [0.2, 0.25) is 0 Å². The number of cyclic esters (lactones) is 1. The van der Waals surface area contributed by atoms with Crippen LogP contribution in [0.3, 0.4) is 0 Å². The number of rotatable bonds is 1. The minimum atomic E-state index is -0.345. The van der Waals surface area contributed by atoms with E-state index in [0.29, 0.717) is 6.42 Å². The monoisotopic (exact) mass is 371 g/mol. The van der Waals surface area contributed by atoms with Gasteiger partial charge in [0.15, 0.2) is 5.96 Å². The zero-order valence-corrected chi connectivity index (χ0v) is 16.0. The lowest BCUT2D eigenvalue weighted by molar-refractivity contribution is -0.149. The van der Waals surface area contributed by atoms with E-state index in [0.717, 1.165) is 38.5 Å². The molecule has 1 atom stereocenters. The maximum atomic E-state index is 12.0. The van der Waals surface area contributed by atoms with Crippen molar-refractivity contribution in [1.82, 2.24) is 10.2 Å². The van der Waals surface area contributed by atoms with Gasteiger partial charge in [0.25, 0.3) is 6.47 Å². The second kappa shape index (κ2) is 15.2. The molecule has 1 fully saturated rings. The molecule has 0 aliphatic carbocycles. The highest BCUT2D eigenvalue weighted by molar-refractivity contribution is 5.96. The van der Waals surface area contributed by atoms with Crippen LogP contribution in [0.5, 0.6) is 0 Å². The molecule has 1 rings (SSSR count). The van der Waals surface area contributed by atoms with Crippen molar-refractivity contribution < 1.29 is 24.2 Å². The van der Waals surface area contributed by atoms with Crippen molar-refractivity contribution in [2.24, 2.45) is 0 Å². The van der Waals surface area contributed by atoms with Gasteiger partial charge in [0, 0.05) is 13.5 Å². The van der Waals surface area contributed by atoms with Gasteiger partial charge in [-0.25, -0.2) is 0 Å². The molecule has 1 aliphatic heterocycles. The number of carbonyl (C=O) groups is 3. The molecule has 0 aromatic carbocycles. The molecular weight excluding hydrogens is 338 g/mol. The number of nitrogens with one attached hydrogen (secondary N) is 2. The Balaban J connectivity index is 0.00000194. The van der Waals surface area contributed by atoms with Gasteiger partial charge in [-0.15, -0.1) is 0 Å². The third kappa shape index (κ3) is 12.3. The van der Waals surface area contributed by atoms with E-state index in [-0.39, 0.29) is 37.0 Å². The molecule has 8 heteroatoms. The van der Waals surface area contributed by atoms with E-state index in [4.69, 9.17) is 20.0 Å². The molecule has 8 nitrogen and oxygen atoms in total. The van der Waals surface area contributed by atoms with E-state index in [1.54, 1.807) is 7.05 Å². The summed E-state index contributed by atoms with van der Waals surface area (Å²) in [4.78, 5) is 33.5. The molecule has 26 heavy (non-hydrogen) atoms. The van der Waals surface area contributed by atoms with E-state index < -0.39 is 0 Å². The summed E-state index contributed by atoms with van der Waals surface area (Å²) >= 11 is 0. The van der Waals surface area contributed by atoms with Gasteiger partial charge in [0.2, 0.25) is 5.91 Å². The summed E-state index contributed by atoms with van der Waals surface area (Å²) < 4.78 is 5.48. The number of carbonyl (C=O) groups excluding carboxylic acids is 2. The van der Waals surface area contributed by atoms with Gasteiger partial charge in [0.1, 0.15) is 12.6 Å². The van der Waals surface area contributed by atoms with E-state index in [2.05, 4.69) is 5.32 Å². The Bertz CT molecular complexity index is 443. The topological polar surface area (TPSA) is 120 Å². The van der Waals surface area contributed by atoms with Crippen molar-refractivity contribution in [2.45, 2.75) is 77.2 Å². The summed E-state index contributed by atoms with van der Waals surface area (Å²) in [5.74, 6) is -0.557. The second-order valence-electron chi connectivity index (χ2n) is 6.39.